The average Bonchev–Trinajstić information content (AvgIpc) is 3.29. The van der Waals surface area contributed by atoms with Gasteiger partial charge in [-0.05, 0) is 24.0 Å². The fourth-order valence-electron chi connectivity index (χ4n) is 5.15. The van der Waals surface area contributed by atoms with Gasteiger partial charge in [-0.15, -0.1) is 0 Å². The maximum Gasteiger partial charge on any atom is 0.250 e. The van der Waals surface area contributed by atoms with E-state index in [1.807, 2.05) is 55.5 Å². The number of nitrogens with one attached hydrogen (secondary N) is 3. The first-order valence-electron chi connectivity index (χ1n) is 9.66. The summed E-state index contributed by atoms with van der Waals surface area (Å²) in [4.78, 5) is 38.7. The molecule has 0 radical (unpaired) electrons. The number of para-hydroxylation sites is 1. The molecule has 0 bridgehead atoms. The largest absolute Gasteiger partial charge is 0.324 e. The molecule has 2 saturated heterocycles. The zero-order chi connectivity index (χ0) is 19.5. The van der Waals surface area contributed by atoms with Gasteiger partial charge in [0.1, 0.15) is 5.54 Å². The molecule has 3 amide bonds. The Morgan fingerprint density at radius 3 is 2.46 bits per heavy atom. The molecule has 3 N–H and O–H groups in total. The first kappa shape index (κ1) is 17.1. The van der Waals surface area contributed by atoms with Crippen molar-refractivity contribution in [3.05, 3.63) is 65.2 Å². The number of imide groups is 1. The van der Waals surface area contributed by atoms with E-state index < -0.39 is 17.4 Å². The zero-order valence-electron chi connectivity index (χ0n) is 15.5. The second-order valence-corrected chi connectivity index (χ2v) is 7.75. The van der Waals surface area contributed by atoms with Crippen LogP contribution in [0.5, 0.6) is 0 Å². The summed E-state index contributed by atoms with van der Waals surface area (Å²) in [5, 5.41) is 8.90. The number of rotatable bonds is 3. The van der Waals surface area contributed by atoms with Gasteiger partial charge < -0.3 is 5.32 Å². The normalized spacial score (nSPS) is 30.3. The Hall–Kier alpha value is -2.99. The Morgan fingerprint density at radius 1 is 0.929 bits per heavy atom. The predicted octanol–water partition coefficient (Wildman–Crippen LogP) is 1.50. The first-order valence-corrected chi connectivity index (χ1v) is 9.66. The fourth-order valence-corrected chi connectivity index (χ4v) is 5.15. The topological polar surface area (TPSA) is 87.3 Å². The Bertz CT molecular complexity index is 1000. The average molecular weight is 375 g/mol. The van der Waals surface area contributed by atoms with Crippen molar-refractivity contribution in [1.29, 1.82) is 0 Å². The van der Waals surface area contributed by atoms with Gasteiger partial charge in [0.25, 0.3) is 0 Å². The van der Waals surface area contributed by atoms with Gasteiger partial charge in [-0.25, -0.2) is 0 Å². The minimum atomic E-state index is -1.21. The number of aryl methyl sites for hydroxylation is 1. The lowest BCUT2D eigenvalue weighted by Gasteiger charge is -2.28. The van der Waals surface area contributed by atoms with Crippen LogP contribution in [-0.2, 0) is 32.8 Å². The molecule has 28 heavy (non-hydrogen) atoms. The Labute approximate surface area is 162 Å². The van der Waals surface area contributed by atoms with Crippen molar-refractivity contribution in [2.24, 2.45) is 11.8 Å². The van der Waals surface area contributed by atoms with Crippen LogP contribution in [-0.4, -0.2) is 23.8 Å². The van der Waals surface area contributed by atoms with Crippen molar-refractivity contribution in [3.8, 4) is 0 Å². The van der Waals surface area contributed by atoms with Crippen molar-refractivity contribution < 1.29 is 14.4 Å². The van der Waals surface area contributed by atoms with Gasteiger partial charge in [-0.1, -0.05) is 55.5 Å². The highest BCUT2D eigenvalue weighted by molar-refractivity contribution is 6.15. The van der Waals surface area contributed by atoms with Gasteiger partial charge in [-0.2, -0.15) is 0 Å². The molecule has 0 aliphatic carbocycles. The highest BCUT2D eigenvalue weighted by Crippen LogP contribution is 2.52. The van der Waals surface area contributed by atoms with E-state index >= 15 is 0 Å². The summed E-state index contributed by atoms with van der Waals surface area (Å²) >= 11 is 0. The molecular formula is C22H21N3O3. The van der Waals surface area contributed by atoms with Gasteiger partial charge >= 0.3 is 0 Å². The van der Waals surface area contributed by atoms with Crippen LogP contribution in [0.25, 0.3) is 0 Å². The number of carbonyl (C=O) groups is 3. The van der Waals surface area contributed by atoms with E-state index in [1.165, 1.54) is 0 Å². The third-order valence-electron chi connectivity index (χ3n) is 6.36. The van der Waals surface area contributed by atoms with Crippen molar-refractivity contribution in [1.82, 2.24) is 10.6 Å². The molecule has 1 spiro atoms. The van der Waals surface area contributed by atoms with E-state index in [1.54, 1.807) is 0 Å². The van der Waals surface area contributed by atoms with E-state index in [9.17, 15) is 14.4 Å². The number of hydrogen-bond donors (Lipinski definition) is 3. The predicted molar refractivity (Wildman–Crippen MR) is 103 cm³/mol. The number of fused-ring (bicyclic) bond motifs is 4. The third kappa shape index (κ3) is 2.15. The fraction of sp³-hybridized carbons (Fsp3) is 0.318. The van der Waals surface area contributed by atoms with Gasteiger partial charge in [0.05, 0.1) is 11.8 Å². The Kier molecular flexibility index (Phi) is 3.67. The second kappa shape index (κ2) is 6.01. The van der Waals surface area contributed by atoms with Gasteiger partial charge in [-0.3, -0.25) is 25.0 Å². The quantitative estimate of drug-likeness (QED) is 0.710. The van der Waals surface area contributed by atoms with E-state index in [4.69, 9.17) is 0 Å². The molecule has 0 aromatic heterocycles. The number of amides is 3. The number of carbonyl (C=O) groups excluding carboxylic acids is 3. The van der Waals surface area contributed by atoms with Crippen molar-refractivity contribution >= 4 is 23.4 Å². The standard InChI is InChI=1S/C22H21N3O3/c1-2-13-9-6-10-14-18(13)23-21(28)22(14)17-16(19(26)24-20(17)27)15(25-22)11-12-7-4-3-5-8-12/h3-10,15-17,25H,2,11H2,1H3,(H,23,28)(H,24,26,27)/t15-,16-,17+,22-/m1/s1. The van der Waals surface area contributed by atoms with Gasteiger partial charge in [0, 0.05) is 17.3 Å². The van der Waals surface area contributed by atoms with E-state index in [0.29, 0.717) is 6.42 Å². The molecule has 6 heteroatoms. The van der Waals surface area contributed by atoms with E-state index in [2.05, 4.69) is 16.0 Å². The minimum absolute atomic E-state index is 0.251. The smallest absolute Gasteiger partial charge is 0.250 e. The monoisotopic (exact) mass is 375 g/mol. The molecular weight excluding hydrogens is 354 g/mol. The van der Waals surface area contributed by atoms with Crippen LogP contribution in [0.3, 0.4) is 0 Å². The van der Waals surface area contributed by atoms with Gasteiger partial charge in [0.2, 0.25) is 17.7 Å². The van der Waals surface area contributed by atoms with Crippen LogP contribution in [0.4, 0.5) is 5.69 Å². The van der Waals surface area contributed by atoms with Crippen molar-refractivity contribution in [2.45, 2.75) is 31.3 Å². The SMILES string of the molecule is CCc1cccc2c1NC(=O)[C@@]21N[C@H](Cc2ccccc2)[C@H]2C(=O)NC(=O)[C@H]21. The van der Waals surface area contributed by atoms with Crippen LogP contribution < -0.4 is 16.0 Å². The lowest BCUT2D eigenvalue weighted by atomic mass is 9.76. The van der Waals surface area contributed by atoms with Crippen LogP contribution in [0.15, 0.2) is 48.5 Å². The first-order chi connectivity index (χ1) is 13.6. The lowest BCUT2D eigenvalue weighted by Crippen LogP contribution is -2.53. The van der Waals surface area contributed by atoms with Crippen LogP contribution in [0.2, 0.25) is 0 Å². The number of benzene rings is 2. The summed E-state index contributed by atoms with van der Waals surface area (Å²) in [5.74, 6) is -2.24. The van der Waals surface area contributed by atoms with Crippen LogP contribution >= 0.6 is 0 Å². The Balaban J connectivity index is 1.64. The molecule has 4 atom stereocenters. The third-order valence-corrected chi connectivity index (χ3v) is 6.36. The van der Waals surface area contributed by atoms with E-state index in [-0.39, 0.29) is 23.8 Å². The molecule has 6 nitrogen and oxygen atoms in total. The molecule has 3 aliphatic rings. The molecule has 3 heterocycles. The minimum Gasteiger partial charge on any atom is -0.324 e. The van der Waals surface area contributed by atoms with Crippen LogP contribution in [0, 0.1) is 11.8 Å². The molecule has 5 rings (SSSR count). The molecule has 142 valence electrons. The Morgan fingerprint density at radius 2 is 1.71 bits per heavy atom. The number of hydrogen-bond acceptors (Lipinski definition) is 4. The van der Waals surface area contributed by atoms with E-state index in [0.717, 1.165) is 28.8 Å². The summed E-state index contributed by atoms with van der Waals surface area (Å²) < 4.78 is 0. The zero-order valence-corrected chi connectivity index (χ0v) is 15.5. The summed E-state index contributed by atoms with van der Waals surface area (Å²) in [6.07, 6.45) is 1.34. The maximum atomic E-state index is 13.3. The maximum absolute atomic E-state index is 13.3. The summed E-state index contributed by atoms with van der Waals surface area (Å²) in [6, 6.07) is 15.3. The molecule has 2 fully saturated rings. The molecule has 0 saturated carbocycles. The van der Waals surface area contributed by atoms with Crippen LogP contribution in [0.1, 0.15) is 23.6 Å². The number of anilines is 1. The van der Waals surface area contributed by atoms with Gasteiger partial charge in [0.15, 0.2) is 0 Å². The summed E-state index contributed by atoms with van der Waals surface area (Å²) in [5.41, 5.74) is 2.42. The lowest BCUT2D eigenvalue weighted by molar-refractivity contribution is -0.132. The molecule has 2 aromatic rings. The highest BCUT2D eigenvalue weighted by atomic mass is 16.2. The van der Waals surface area contributed by atoms with Crippen molar-refractivity contribution in [3.63, 3.8) is 0 Å². The highest BCUT2D eigenvalue weighted by Gasteiger charge is 2.68. The second-order valence-electron chi connectivity index (χ2n) is 7.75. The molecule has 3 aliphatic heterocycles. The molecule has 2 aromatic carbocycles. The summed E-state index contributed by atoms with van der Waals surface area (Å²) in [6.45, 7) is 2.03. The summed E-state index contributed by atoms with van der Waals surface area (Å²) in [7, 11) is 0. The van der Waals surface area contributed by atoms with Crippen molar-refractivity contribution in [2.75, 3.05) is 5.32 Å². The molecule has 0 unspecified atom stereocenters.